The minimum Gasteiger partial charge on any atom is -0.318 e. The van der Waals surface area contributed by atoms with E-state index in [1.807, 2.05) is 5.32 Å². The SMILES string of the molecule is O=C(Nc1cccc(N2CCCC2=O)c1)C(=O)Nc1cc(F)ccc1F. The summed E-state index contributed by atoms with van der Waals surface area (Å²) in [5, 5.41) is 4.39. The number of amides is 3. The second-order valence-corrected chi connectivity index (χ2v) is 5.73. The van der Waals surface area contributed by atoms with Crippen LogP contribution in [0.25, 0.3) is 0 Å². The fourth-order valence-electron chi connectivity index (χ4n) is 2.63. The van der Waals surface area contributed by atoms with Crippen LogP contribution in [0.15, 0.2) is 42.5 Å². The number of rotatable bonds is 3. The largest absolute Gasteiger partial charge is 0.318 e. The third kappa shape index (κ3) is 3.85. The predicted molar refractivity (Wildman–Crippen MR) is 91.6 cm³/mol. The first-order chi connectivity index (χ1) is 12.4. The maximum atomic E-state index is 13.5. The minimum atomic E-state index is -1.14. The maximum absolute atomic E-state index is 13.5. The lowest BCUT2D eigenvalue weighted by molar-refractivity contribution is -0.133. The highest BCUT2D eigenvalue weighted by Gasteiger charge is 2.22. The molecule has 0 saturated carbocycles. The summed E-state index contributed by atoms with van der Waals surface area (Å²) in [4.78, 5) is 37.3. The first-order valence-electron chi connectivity index (χ1n) is 7.92. The van der Waals surface area contributed by atoms with Gasteiger partial charge in [0.2, 0.25) is 5.91 Å². The molecule has 6 nitrogen and oxygen atoms in total. The Bertz CT molecular complexity index is 886. The molecule has 3 amide bonds. The van der Waals surface area contributed by atoms with E-state index in [0.717, 1.165) is 24.6 Å². The van der Waals surface area contributed by atoms with E-state index >= 15 is 0 Å². The van der Waals surface area contributed by atoms with Crippen molar-refractivity contribution in [3.63, 3.8) is 0 Å². The molecule has 1 aliphatic rings. The van der Waals surface area contributed by atoms with Crippen molar-refractivity contribution in [1.29, 1.82) is 0 Å². The summed E-state index contributed by atoms with van der Waals surface area (Å²) in [7, 11) is 0. The topological polar surface area (TPSA) is 78.5 Å². The zero-order valence-electron chi connectivity index (χ0n) is 13.6. The van der Waals surface area contributed by atoms with Gasteiger partial charge in [-0.3, -0.25) is 14.4 Å². The van der Waals surface area contributed by atoms with Crippen LogP contribution in [0.3, 0.4) is 0 Å². The summed E-state index contributed by atoms with van der Waals surface area (Å²) in [6, 6.07) is 9.01. The van der Waals surface area contributed by atoms with Gasteiger partial charge in [-0.25, -0.2) is 8.78 Å². The second-order valence-electron chi connectivity index (χ2n) is 5.73. The van der Waals surface area contributed by atoms with Gasteiger partial charge < -0.3 is 15.5 Å². The third-order valence-corrected chi connectivity index (χ3v) is 3.87. The Morgan fingerprint density at radius 2 is 1.77 bits per heavy atom. The number of carbonyl (C=O) groups excluding carboxylic acids is 3. The molecule has 0 aliphatic carbocycles. The summed E-state index contributed by atoms with van der Waals surface area (Å²) in [6.07, 6.45) is 1.23. The lowest BCUT2D eigenvalue weighted by Gasteiger charge is -2.16. The van der Waals surface area contributed by atoms with E-state index in [4.69, 9.17) is 0 Å². The molecule has 2 N–H and O–H groups in total. The van der Waals surface area contributed by atoms with Crippen LogP contribution in [-0.2, 0) is 14.4 Å². The molecular formula is C18H15F2N3O3. The van der Waals surface area contributed by atoms with Crippen LogP contribution >= 0.6 is 0 Å². The molecule has 0 atom stereocenters. The van der Waals surface area contributed by atoms with Gasteiger partial charge in [0, 0.05) is 30.4 Å². The number of benzene rings is 2. The first-order valence-corrected chi connectivity index (χ1v) is 7.92. The molecule has 1 heterocycles. The predicted octanol–water partition coefficient (Wildman–Crippen LogP) is 2.67. The number of carbonyl (C=O) groups is 3. The second kappa shape index (κ2) is 7.30. The molecule has 1 aliphatic heterocycles. The molecule has 1 fully saturated rings. The van der Waals surface area contributed by atoms with Crippen LogP contribution in [0.4, 0.5) is 25.8 Å². The molecule has 0 radical (unpaired) electrons. The van der Waals surface area contributed by atoms with E-state index in [-0.39, 0.29) is 5.91 Å². The number of nitrogens with one attached hydrogen (secondary N) is 2. The number of hydrogen-bond donors (Lipinski definition) is 2. The summed E-state index contributed by atoms with van der Waals surface area (Å²) in [6.45, 7) is 0.593. The number of anilines is 3. The van der Waals surface area contributed by atoms with Crippen LogP contribution in [0.5, 0.6) is 0 Å². The molecule has 26 heavy (non-hydrogen) atoms. The van der Waals surface area contributed by atoms with Gasteiger partial charge in [0.1, 0.15) is 11.6 Å². The summed E-state index contributed by atoms with van der Waals surface area (Å²) in [5.41, 5.74) is 0.491. The zero-order valence-corrected chi connectivity index (χ0v) is 13.6. The van der Waals surface area contributed by atoms with Crippen molar-refractivity contribution >= 4 is 34.8 Å². The van der Waals surface area contributed by atoms with Crippen LogP contribution in [-0.4, -0.2) is 24.3 Å². The average molecular weight is 359 g/mol. The van der Waals surface area contributed by atoms with Crippen LogP contribution in [0.1, 0.15) is 12.8 Å². The van der Waals surface area contributed by atoms with Crippen molar-refractivity contribution in [2.24, 2.45) is 0 Å². The van der Waals surface area contributed by atoms with E-state index in [0.29, 0.717) is 24.3 Å². The number of hydrogen-bond acceptors (Lipinski definition) is 3. The standard InChI is InChI=1S/C18H15F2N3O3/c19-11-6-7-14(20)15(9-11)22-18(26)17(25)21-12-3-1-4-13(10-12)23-8-2-5-16(23)24/h1,3-4,6-7,9-10H,2,5,8H2,(H,21,25)(H,22,26). The Hall–Kier alpha value is -3.29. The fourth-order valence-corrected chi connectivity index (χ4v) is 2.63. The Morgan fingerprint density at radius 3 is 2.50 bits per heavy atom. The minimum absolute atomic E-state index is 0.00667. The Morgan fingerprint density at radius 1 is 1.00 bits per heavy atom. The molecule has 1 saturated heterocycles. The van der Waals surface area contributed by atoms with Gasteiger partial charge in [0.25, 0.3) is 0 Å². The fraction of sp³-hybridized carbons (Fsp3) is 0.167. The van der Waals surface area contributed by atoms with Crippen molar-refractivity contribution < 1.29 is 23.2 Å². The molecule has 134 valence electrons. The van der Waals surface area contributed by atoms with E-state index in [1.54, 1.807) is 29.2 Å². The Balaban J connectivity index is 1.68. The maximum Gasteiger partial charge on any atom is 0.314 e. The number of nitrogens with zero attached hydrogens (tertiary/aromatic N) is 1. The van der Waals surface area contributed by atoms with Gasteiger partial charge in [-0.05, 0) is 36.8 Å². The monoisotopic (exact) mass is 359 g/mol. The molecule has 2 aromatic carbocycles. The van der Waals surface area contributed by atoms with Gasteiger partial charge in [-0.2, -0.15) is 0 Å². The number of halogens is 2. The molecule has 0 aromatic heterocycles. The highest BCUT2D eigenvalue weighted by atomic mass is 19.1. The van der Waals surface area contributed by atoms with Gasteiger partial charge in [-0.15, -0.1) is 0 Å². The molecule has 2 aromatic rings. The molecule has 0 unspecified atom stereocenters. The van der Waals surface area contributed by atoms with Crippen molar-refractivity contribution in [3.8, 4) is 0 Å². The highest BCUT2D eigenvalue weighted by molar-refractivity contribution is 6.43. The van der Waals surface area contributed by atoms with Crippen molar-refractivity contribution in [3.05, 3.63) is 54.1 Å². The Kier molecular flexibility index (Phi) is 4.92. The Labute approximate surface area is 147 Å². The lowest BCUT2D eigenvalue weighted by atomic mass is 10.2. The van der Waals surface area contributed by atoms with Crippen molar-refractivity contribution in [2.75, 3.05) is 22.1 Å². The molecular weight excluding hydrogens is 344 g/mol. The quantitative estimate of drug-likeness (QED) is 0.827. The molecule has 8 heteroatoms. The highest BCUT2D eigenvalue weighted by Crippen LogP contribution is 2.24. The van der Waals surface area contributed by atoms with Gasteiger partial charge >= 0.3 is 11.8 Å². The summed E-state index contributed by atoms with van der Waals surface area (Å²) >= 11 is 0. The van der Waals surface area contributed by atoms with Crippen molar-refractivity contribution in [1.82, 2.24) is 0 Å². The van der Waals surface area contributed by atoms with Crippen LogP contribution < -0.4 is 15.5 Å². The average Bonchev–Trinajstić information content (AvgIpc) is 3.04. The molecule has 3 rings (SSSR count). The van der Waals surface area contributed by atoms with Gasteiger partial charge in [-0.1, -0.05) is 6.07 Å². The molecule has 0 spiro atoms. The van der Waals surface area contributed by atoms with E-state index in [9.17, 15) is 23.2 Å². The molecule has 0 bridgehead atoms. The van der Waals surface area contributed by atoms with Crippen molar-refractivity contribution in [2.45, 2.75) is 12.8 Å². The summed E-state index contributed by atoms with van der Waals surface area (Å²) in [5.74, 6) is -3.80. The van der Waals surface area contributed by atoms with E-state index in [1.165, 1.54) is 0 Å². The first kappa shape index (κ1) is 17.5. The smallest absolute Gasteiger partial charge is 0.314 e. The van der Waals surface area contributed by atoms with E-state index in [2.05, 4.69) is 5.32 Å². The van der Waals surface area contributed by atoms with Crippen LogP contribution in [0, 0.1) is 11.6 Å². The summed E-state index contributed by atoms with van der Waals surface area (Å²) < 4.78 is 26.7. The van der Waals surface area contributed by atoms with Crippen LogP contribution in [0.2, 0.25) is 0 Å². The van der Waals surface area contributed by atoms with E-state index < -0.39 is 29.1 Å². The normalized spacial score (nSPS) is 13.6. The lowest BCUT2D eigenvalue weighted by Crippen LogP contribution is -2.29. The zero-order chi connectivity index (χ0) is 18.7. The van der Waals surface area contributed by atoms with Gasteiger partial charge in [0.05, 0.1) is 5.69 Å². The van der Waals surface area contributed by atoms with Gasteiger partial charge in [0.15, 0.2) is 0 Å². The third-order valence-electron chi connectivity index (χ3n) is 3.87.